The van der Waals surface area contributed by atoms with Crippen molar-refractivity contribution in [1.29, 1.82) is 0 Å². The average Bonchev–Trinajstić information content (AvgIpc) is 1.85. The fraction of sp³-hybridized carbons (Fsp3) is 0.833. The Morgan fingerprint density at radius 2 is 2.00 bits per heavy atom. The van der Waals surface area contributed by atoms with Gasteiger partial charge in [-0.1, -0.05) is 0 Å². The second-order valence-corrected chi connectivity index (χ2v) is 4.86. The van der Waals surface area contributed by atoms with E-state index in [2.05, 4.69) is 4.99 Å². The summed E-state index contributed by atoms with van der Waals surface area (Å²) in [6.45, 7) is 1.55. The van der Waals surface area contributed by atoms with E-state index in [1.54, 1.807) is 6.92 Å². The minimum absolute atomic E-state index is 0.158. The predicted octanol–water partition coefficient (Wildman–Crippen LogP) is -0.398. The molecule has 70 valence electrons. The molecule has 12 heavy (non-hydrogen) atoms. The summed E-state index contributed by atoms with van der Waals surface area (Å²) in [6, 6.07) is -0.533. The van der Waals surface area contributed by atoms with Crippen molar-refractivity contribution in [2.24, 2.45) is 4.99 Å². The summed E-state index contributed by atoms with van der Waals surface area (Å²) in [5, 5.41) is 0. The first kappa shape index (κ1) is 11.3. The zero-order chi connectivity index (χ0) is 9.78. The maximum absolute atomic E-state index is 11.2. The van der Waals surface area contributed by atoms with Gasteiger partial charge in [-0.2, -0.15) is 0 Å². The number of aliphatic imine (C=N–C) groups is 1. The maximum atomic E-state index is 11.2. The third-order valence-corrected chi connectivity index (χ3v) is 3.30. The second-order valence-electron chi connectivity index (χ2n) is 2.63. The van der Waals surface area contributed by atoms with Gasteiger partial charge < -0.3 is 0 Å². The second kappa shape index (κ2) is 4.35. The standard InChI is InChI=1S/C6H12N2O3S/c1-6(7-5-9)4-12(10,11)8(2)3/h6H,4H2,1-3H3. The van der Waals surface area contributed by atoms with Gasteiger partial charge in [-0.3, -0.25) is 0 Å². The van der Waals surface area contributed by atoms with Crippen LogP contribution in [0.25, 0.3) is 0 Å². The van der Waals surface area contributed by atoms with Gasteiger partial charge in [-0.25, -0.2) is 22.5 Å². The van der Waals surface area contributed by atoms with Gasteiger partial charge in [0.2, 0.25) is 16.1 Å². The van der Waals surface area contributed by atoms with Crippen LogP contribution in [0.15, 0.2) is 4.99 Å². The summed E-state index contributed by atoms with van der Waals surface area (Å²) >= 11 is 0. The molecule has 0 fully saturated rings. The molecule has 0 aliphatic carbocycles. The smallest absolute Gasteiger partial charge is 0.212 e. The third kappa shape index (κ3) is 3.61. The molecular weight excluding hydrogens is 180 g/mol. The highest BCUT2D eigenvalue weighted by molar-refractivity contribution is 7.89. The zero-order valence-electron chi connectivity index (χ0n) is 7.31. The Morgan fingerprint density at radius 3 is 2.33 bits per heavy atom. The molecule has 0 saturated heterocycles. The molecule has 1 unspecified atom stereocenters. The van der Waals surface area contributed by atoms with Gasteiger partial charge in [0.15, 0.2) is 0 Å². The SMILES string of the molecule is CC(CS(=O)(=O)N(C)C)N=C=O. The van der Waals surface area contributed by atoms with Gasteiger partial charge in [-0.15, -0.1) is 0 Å². The van der Waals surface area contributed by atoms with Crippen LogP contribution >= 0.6 is 0 Å². The molecule has 0 amide bonds. The molecule has 1 atom stereocenters. The van der Waals surface area contributed by atoms with Crippen LogP contribution in [-0.4, -0.2) is 44.7 Å². The first-order valence-corrected chi connectivity index (χ1v) is 4.98. The highest BCUT2D eigenvalue weighted by Gasteiger charge is 2.17. The third-order valence-electron chi connectivity index (χ3n) is 1.28. The van der Waals surface area contributed by atoms with Gasteiger partial charge in [0, 0.05) is 14.1 Å². The average molecular weight is 192 g/mol. The molecule has 0 radical (unpaired) electrons. The normalized spacial score (nSPS) is 14.0. The van der Waals surface area contributed by atoms with Crippen molar-refractivity contribution in [2.75, 3.05) is 19.8 Å². The summed E-state index contributed by atoms with van der Waals surface area (Å²) in [7, 11) is -0.385. The van der Waals surface area contributed by atoms with Crippen molar-refractivity contribution < 1.29 is 13.2 Å². The largest absolute Gasteiger partial charge is 0.235 e. The number of nitrogens with zero attached hydrogens (tertiary/aromatic N) is 2. The van der Waals surface area contributed by atoms with Crippen LogP contribution in [0.4, 0.5) is 0 Å². The first-order valence-electron chi connectivity index (χ1n) is 3.37. The highest BCUT2D eigenvalue weighted by Crippen LogP contribution is 1.99. The Labute approximate surface area is 72.1 Å². The maximum Gasteiger partial charge on any atom is 0.235 e. The first-order chi connectivity index (χ1) is 5.40. The van der Waals surface area contributed by atoms with E-state index in [0.717, 1.165) is 4.31 Å². The van der Waals surface area contributed by atoms with Crippen LogP contribution in [0.3, 0.4) is 0 Å². The lowest BCUT2D eigenvalue weighted by molar-refractivity contribution is 0.515. The Hall–Kier alpha value is -0.710. The minimum atomic E-state index is -3.26. The van der Waals surface area contributed by atoms with Crippen molar-refractivity contribution in [3.8, 4) is 0 Å². The van der Waals surface area contributed by atoms with Gasteiger partial charge in [-0.05, 0) is 6.92 Å². The molecule has 0 bridgehead atoms. The monoisotopic (exact) mass is 192 g/mol. The molecule has 5 nitrogen and oxygen atoms in total. The molecule has 0 saturated carbocycles. The molecule has 0 aliphatic rings. The van der Waals surface area contributed by atoms with E-state index in [0.29, 0.717) is 0 Å². The van der Waals surface area contributed by atoms with Crippen LogP contribution in [0.2, 0.25) is 0 Å². The van der Waals surface area contributed by atoms with Gasteiger partial charge in [0.05, 0.1) is 11.8 Å². The Balaban J connectivity index is 4.36. The van der Waals surface area contributed by atoms with E-state index in [1.807, 2.05) is 0 Å². The molecular formula is C6H12N2O3S. The van der Waals surface area contributed by atoms with Crippen LogP contribution in [0, 0.1) is 0 Å². The fourth-order valence-corrected chi connectivity index (χ4v) is 1.56. The quantitative estimate of drug-likeness (QED) is 0.449. The molecule has 0 aromatic heterocycles. The molecule has 0 aromatic carbocycles. The molecule has 0 rings (SSSR count). The Bertz CT molecular complexity index is 277. The van der Waals surface area contributed by atoms with Crippen molar-refractivity contribution >= 4 is 16.1 Å². The molecule has 0 N–H and O–H groups in total. The van der Waals surface area contributed by atoms with E-state index >= 15 is 0 Å². The van der Waals surface area contributed by atoms with Crippen molar-refractivity contribution in [3.05, 3.63) is 0 Å². The zero-order valence-corrected chi connectivity index (χ0v) is 8.13. The van der Waals surface area contributed by atoms with Crippen molar-refractivity contribution in [2.45, 2.75) is 13.0 Å². The summed E-state index contributed by atoms with van der Waals surface area (Å²) in [4.78, 5) is 13.1. The lowest BCUT2D eigenvalue weighted by Crippen LogP contribution is -2.29. The van der Waals surface area contributed by atoms with E-state index < -0.39 is 16.1 Å². The topological polar surface area (TPSA) is 66.8 Å². The number of hydrogen-bond acceptors (Lipinski definition) is 4. The molecule has 0 aliphatic heterocycles. The molecule has 6 heteroatoms. The summed E-state index contributed by atoms with van der Waals surface area (Å²) in [5.74, 6) is -0.158. The lowest BCUT2D eigenvalue weighted by atomic mass is 10.4. The highest BCUT2D eigenvalue weighted by atomic mass is 32.2. The van der Waals surface area contributed by atoms with E-state index in [1.165, 1.54) is 20.2 Å². The summed E-state index contributed by atoms with van der Waals surface area (Å²) in [6.07, 6.45) is 1.32. The molecule has 0 spiro atoms. The molecule has 0 heterocycles. The van der Waals surface area contributed by atoms with Crippen molar-refractivity contribution in [3.63, 3.8) is 0 Å². The van der Waals surface area contributed by atoms with E-state index in [4.69, 9.17) is 0 Å². The number of hydrogen-bond donors (Lipinski definition) is 0. The number of carbonyl (C=O) groups excluding carboxylic acids is 1. The van der Waals surface area contributed by atoms with Gasteiger partial charge in [0.1, 0.15) is 0 Å². The fourth-order valence-electron chi connectivity index (χ4n) is 0.581. The minimum Gasteiger partial charge on any atom is -0.212 e. The van der Waals surface area contributed by atoms with Crippen LogP contribution in [0.5, 0.6) is 0 Å². The predicted molar refractivity (Wildman–Crippen MR) is 45.1 cm³/mol. The van der Waals surface area contributed by atoms with Crippen molar-refractivity contribution in [1.82, 2.24) is 4.31 Å². The summed E-state index contributed by atoms with van der Waals surface area (Å²) in [5.41, 5.74) is 0. The van der Waals surface area contributed by atoms with Gasteiger partial charge >= 0.3 is 0 Å². The number of rotatable bonds is 4. The number of isocyanates is 1. The van der Waals surface area contributed by atoms with Gasteiger partial charge in [0.25, 0.3) is 0 Å². The number of sulfonamides is 1. The lowest BCUT2D eigenvalue weighted by Gasteiger charge is -2.11. The Morgan fingerprint density at radius 1 is 1.50 bits per heavy atom. The Kier molecular flexibility index (Phi) is 4.09. The van der Waals surface area contributed by atoms with E-state index in [-0.39, 0.29) is 5.75 Å². The molecule has 0 aromatic rings. The van der Waals surface area contributed by atoms with Crippen LogP contribution in [0.1, 0.15) is 6.92 Å². The summed E-state index contributed by atoms with van der Waals surface area (Å²) < 4.78 is 23.4. The van der Waals surface area contributed by atoms with E-state index in [9.17, 15) is 13.2 Å². The van der Waals surface area contributed by atoms with Crippen LogP contribution < -0.4 is 0 Å². The van der Waals surface area contributed by atoms with Crippen LogP contribution in [-0.2, 0) is 14.8 Å².